The monoisotopic (exact) mass is 639 g/mol. The van der Waals surface area contributed by atoms with Gasteiger partial charge in [-0.05, 0) is 92.1 Å². The molecule has 47 heavy (non-hydrogen) atoms. The van der Waals surface area contributed by atoms with E-state index in [1.165, 1.54) is 0 Å². The summed E-state index contributed by atoms with van der Waals surface area (Å²) in [6.45, 7) is 6.26. The van der Waals surface area contributed by atoms with Gasteiger partial charge in [0.05, 0.1) is 12.6 Å². The van der Waals surface area contributed by atoms with Gasteiger partial charge < -0.3 is 24.4 Å². The van der Waals surface area contributed by atoms with Crippen molar-refractivity contribution in [3.8, 4) is 6.07 Å². The van der Waals surface area contributed by atoms with E-state index in [0.29, 0.717) is 48.7 Å². The topological polar surface area (TPSA) is 136 Å². The van der Waals surface area contributed by atoms with Gasteiger partial charge in [-0.2, -0.15) is 5.26 Å². The number of nitrogens with zero attached hydrogens (tertiary/aromatic N) is 6. The molecule has 3 amide bonds. The molecule has 0 saturated heterocycles. The smallest absolute Gasteiger partial charge is 0.253 e. The zero-order valence-electron chi connectivity index (χ0n) is 28.5. The quantitative estimate of drug-likeness (QED) is 0.312. The number of nitriles is 1. The molecule has 1 N–H and O–H groups in total. The highest BCUT2D eigenvalue weighted by Gasteiger charge is 2.46. The second kappa shape index (κ2) is 13.7. The molecule has 11 nitrogen and oxygen atoms in total. The van der Waals surface area contributed by atoms with Crippen molar-refractivity contribution in [2.24, 2.45) is 0 Å². The number of rotatable bonds is 11. The fraction of sp³-hybridized carbons (Fsp3) is 0.500. The molecule has 0 aliphatic heterocycles. The molecule has 0 spiro atoms. The van der Waals surface area contributed by atoms with Crippen molar-refractivity contribution in [2.75, 3.05) is 41.3 Å². The van der Waals surface area contributed by atoms with Crippen LogP contribution in [0.3, 0.4) is 0 Å². The maximum absolute atomic E-state index is 13.3. The van der Waals surface area contributed by atoms with Gasteiger partial charge in [-0.15, -0.1) is 10.2 Å². The lowest BCUT2D eigenvalue weighted by molar-refractivity contribution is -0.131. The van der Waals surface area contributed by atoms with Crippen LogP contribution in [0.25, 0.3) is 0 Å². The minimum atomic E-state index is -0.938. The first-order chi connectivity index (χ1) is 22.4. The van der Waals surface area contributed by atoms with Crippen LogP contribution >= 0.6 is 0 Å². The summed E-state index contributed by atoms with van der Waals surface area (Å²) in [5.41, 5.74) is 4.09. The van der Waals surface area contributed by atoms with Gasteiger partial charge in [0.15, 0.2) is 0 Å². The predicted octanol–water partition coefficient (Wildman–Crippen LogP) is 3.91. The Balaban J connectivity index is 1.62. The second-order valence-electron chi connectivity index (χ2n) is 13.4. The number of aryl methyl sites for hydroxylation is 2. The maximum atomic E-state index is 13.3. The molecular formula is C36H45N7O4. The normalized spacial score (nSPS) is 15.6. The molecule has 248 valence electrons. The average Bonchev–Trinajstić information content (AvgIpc) is 3.78. The molecule has 2 aliphatic rings. The van der Waals surface area contributed by atoms with E-state index in [1.807, 2.05) is 50.2 Å². The molecule has 2 aromatic carbocycles. The number of carbonyl (C=O) groups is 3. The lowest BCUT2D eigenvalue weighted by Crippen LogP contribution is -2.45. The maximum Gasteiger partial charge on any atom is 0.253 e. The highest BCUT2D eigenvalue weighted by atomic mass is 16.4. The third-order valence-corrected chi connectivity index (χ3v) is 9.18. The van der Waals surface area contributed by atoms with Crippen LogP contribution in [0.1, 0.15) is 101 Å². The van der Waals surface area contributed by atoms with Gasteiger partial charge in [-0.25, -0.2) is 0 Å². The standard InChI is InChI=1S/C36H45N7O4/c1-22(2)32-39-40-35(47-32)36(16-17-38-21-31(44)43(23(3)20-37)28-12-13-28)29-14-10-26(33(45)41(4)5)18-24(29)8-9-25-19-27(11-15-30(25)36)34(46)42(6)7/h10-11,14-15,18-19,22-23,28,38H,8-9,12-13,16-17,21H2,1-7H3. The fourth-order valence-corrected chi connectivity index (χ4v) is 6.59. The van der Waals surface area contributed by atoms with Gasteiger partial charge in [0, 0.05) is 51.3 Å². The zero-order valence-corrected chi connectivity index (χ0v) is 28.5. The fourth-order valence-electron chi connectivity index (χ4n) is 6.59. The highest BCUT2D eigenvalue weighted by molar-refractivity contribution is 5.95. The largest absolute Gasteiger partial charge is 0.424 e. The molecule has 1 unspecified atom stereocenters. The van der Waals surface area contributed by atoms with Gasteiger partial charge in [0.1, 0.15) is 11.5 Å². The van der Waals surface area contributed by atoms with Crippen LogP contribution in [0.5, 0.6) is 0 Å². The van der Waals surface area contributed by atoms with Crippen molar-refractivity contribution in [2.45, 2.75) is 76.3 Å². The van der Waals surface area contributed by atoms with E-state index >= 15 is 0 Å². The van der Waals surface area contributed by atoms with E-state index in [1.54, 1.807) is 49.8 Å². The molecule has 0 radical (unpaired) electrons. The first-order valence-corrected chi connectivity index (χ1v) is 16.3. The van der Waals surface area contributed by atoms with E-state index in [-0.39, 0.29) is 36.2 Å². The van der Waals surface area contributed by atoms with Gasteiger partial charge in [-0.3, -0.25) is 14.4 Å². The second-order valence-corrected chi connectivity index (χ2v) is 13.4. The minimum Gasteiger partial charge on any atom is -0.424 e. The van der Waals surface area contributed by atoms with E-state index in [2.05, 4.69) is 21.6 Å². The summed E-state index contributed by atoms with van der Waals surface area (Å²) in [7, 11) is 6.94. The Labute approximate surface area is 276 Å². The molecule has 1 saturated carbocycles. The number of hydrogen-bond donors (Lipinski definition) is 1. The van der Waals surface area contributed by atoms with Crippen LogP contribution in [0.15, 0.2) is 40.8 Å². The summed E-state index contributed by atoms with van der Waals surface area (Å²) in [5.74, 6) is 0.658. The van der Waals surface area contributed by atoms with Crippen molar-refractivity contribution in [3.05, 3.63) is 81.6 Å². The van der Waals surface area contributed by atoms with E-state index in [9.17, 15) is 19.6 Å². The first kappa shape index (κ1) is 33.8. The minimum absolute atomic E-state index is 0.00414. The first-order valence-electron chi connectivity index (χ1n) is 16.3. The van der Waals surface area contributed by atoms with Crippen molar-refractivity contribution < 1.29 is 18.8 Å². The molecule has 1 fully saturated rings. The van der Waals surface area contributed by atoms with Gasteiger partial charge >= 0.3 is 0 Å². The van der Waals surface area contributed by atoms with Crippen LogP contribution in [0.2, 0.25) is 0 Å². The lowest BCUT2D eigenvalue weighted by atomic mass is 9.69. The van der Waals surface area contributed by atoms with Crippen LogP contribution < -0.4 is 5.32 Å². The molecule has 1 atom stereocenters. The van der Waals surface area contributed by atoms with Crippen LogP contribution in [-0.4, -0.2) is 96.0 Å². The number of hydrogen-bond acceptors (Lipinski definition) is 8. The molecular weight excluding hydrogens is 594 g/mol. The number of benzene rings is 2. The van der Waals surface area contributed by atoms with Crippen molar-refractivity contribution in [1.82, 2.24) is 30.2 Å². The highest BCUT2D eigenvalue weighted by Crippen LogP contribution is 2.47. The Morgan fingerprint density at radius 2 is 1.49 bits per heavy atom. The van der Waals surface area contributed by atoms with Crippen molar-refractivity contribution in [3.63, 3.8) is 0 Å². The van der Waals surface area contributed by atoms with Crippen LogP contribution in [0, 0.1) is 11.3 Å². The third kappa shape index (κ3) is 6.65. The van der Waals surface area contributed by atoms with Gasteiger partial charge in [0.2, 0.25) is 17.7 Å². The van der Waals surface area contributed by atoms with Crippen molar-refractivity contribution in [1.29, 1.82) is 5.26 Å². The SMILES string of the molecule is CC(C)c1nnc(C2(CCNCC(=O)N(C(C)C#N)C3CC3)c3ccc(C(=O)N(C)C)cc3CCc3cc(C(=O)N(C)C)ccc32)o1. The Morgan fingerprint density at radius 3 is 1.94 bits per heavy atom. The summed E-state index contributed by atoms with van der Waals surface area (Å²) < 4.78 is 6.48. The predicted molar refractivity (Wildman–Crippen MR) is 177 cm³/mol. The Morgan fingerprint density at radius 1 is 0.936 bits per heavy atom. The van der Waals surface area contributed by atoms with E-state index in [0.717, 1.165) is 35.1 Å². The average molecular weight is 640 g/mol. The lowest BCUT2D eigenvalue weighted by Gasteiger charge is -2.34. The molecule has 0 bridgehead atoms. The number of carbonyl (C=O) groups excluding carboxylic acids is 3. The zero-order chi connectivity index (χ0) is 34.0. The summed E-state index contributed by atoms with van der Waals surface area (Å²) in [6.07, 6.45) is 3.56. The van der Waals surface area contributed by atoms with E-state index in [4.69, 9.17) is 4.42 Å². The van der Waals surface area contributed by atoms with Gasteiger partial charge in [-0.1, -0.05) is 26.0 Å². The molecule has 11 heteroatoms. The number of aromatic nitrogens is 2. The summed E-state index contributed by atoms with van der Waals surface area (Å²) in [6, 6.07) is 13.4. The third-order valence-electron chi connectivity index (χ3n) is 9.18. The Bertz CT molecular complexity index is 1630. The molecule has 5 rings (SSSR count). The summed E-state index contributed by atoms with van der Waals surface area (Å²) in [5, 5.41) is 22.0. The summed E-state index contributed by atoms with van der Waals surface area (Å²) in [4.78, 5) is 44.2. The van der Waals surface area contributed by atoms with E-state index < -0.39 is 11.5 Å². The molecule has 3 aromatic rings. The summed E-state index contributed by atoms with van der Waals surface area (Å²) >= 11 is 0. The molecule has 1 aromatic heterocycles. The van der Waals surface area contributed by atoms with Gasteiger partial charge in [0.25, 0.3) is 11.8 Å². The number of nitrogens with one attached hydrogen (secondary N) is 1. The van der Waals surface area contributed by atoms with Crippen LogP contribution in [0.4, 0.5) is 0 Å². The molecule has 1 heterocycles. The number of amides is 3. The Kier molecular flexibility index (Phi) is 9.82. The van der Waals surface area contributed by atoms with Crippen molar-refractivity contribution >= 4 is 17.7 Å². The van der Waals surface area contributed by atoms with Crippen LogP contribution in [-0.2, 0) is 23.1 Å². The molecule has 2 aliphatic carbocycles. The number of fused-ring (bicyclic) bond motifs is 2. The Hall–Kier alpha value is -4.56.